The molecule has 1 fully saturated rings. The number of esters is 1. The first kappa shape index (κ1) is 16.5. The fraction of sp³-hybridized carbons (Fsp3) is 0.412. The van der Waals surface area contributed by atoms with Gasteiger partial charge in [0.15, 0.2) is 0 Å². The molecule has 2 atom stereocenters. The van der Waals surface area contributed by atoms with Gasteiger partial charge < -0.3 is 9.47 Å². The van der Waals surface area contributed by atoms with Crippen LogP contribution in [-0.4, -0.2) is 29.6 Å². The van der Waals surface area contributed by atoms with E-state index >= 15 is 0 Å². The number of carbonyl (C=O) groups excluding carboxylic acids is 2. The number of rotatable bonds is 2. The van der Waals surface area contributed by atoms with Crippen molar-refractivity contribution in [2.45, 2.75) is 43.6 Å². The minimum Gasteiger partial charge on any atom is -0.481 e. The number of alkyl halides is 3. The number of ether oxygens (including phenoxy) is 2. The molecule has 1 aliphatic heterocycles. The summed E-state index contributed by atoms with van der Waals surface area (Å²) in [7, 11) is 0. The second kappa shape index (κ2) is 5.96. The zero-order valence-corrected chi connectivity index (χ0v) is 12.6. The maximum atomic E-state index is 12.9. The molecule has 1 heterocycles. The van der Waals surface area contributed by atoms with Crippen LogP contribution in [0.4, 0.5) is 13.2 Å². The summed E-state index contributed by atoms with van der Waals surface area (Å²) >= 11 is 0. The molecule has 0 radical (unpaired) electrons. The summed E-state index contributed by atoms with van der Waals surface area (Å²) < 4.78 is 49.0. The quantitative estimate of drug-likeness (QED) is 0.773. The summed E-state index contributed by atoms with van der Waals surface area (Å²) in [6.45, 7) is 0. The van der Waals surface area contributed by atoms with Crippen molar-refractivity contribution >= 4 is 11.8 Å². The Morgan fingerprint density at radius 1 is 1.21 bits per heavy atom. The Kier molecular flexibility index (Phi) is 4.11. The van der Waals surface area contributed by atoms with Crippen molar-refractivity contribution in [3.05, 3.63) is 47.7 Å². The second-order valence-corrected chi connectivity index (χ2v) is 5.87. The lowest BCUT2D eigenvalue weighted by Crippen LogP contribution is -2.57. The van der Waals surface area contributed by atoms with Gasteiger partial charge in [0.25, 0.3) is 0 Å². The second-order valence-electron chi connectivity index (χ2n) is 5.87. The van der Waals surface area contributed by atoms with Crippen LogP contribution < -0.4 is 0 Å². The molecule has 0 aromatic heterocycles. The number of hydrogen-bond acceptors (Lipinski definition) is 4. The van der Waals surface area contributed by atoms with E-state index in [1.807, 2.05) is 0 Å². The minimum atomic E-state index is -4.75. The first-order valence-corrected chi connectivity index (χ1v) is 7.61. The number of hydrogen-bond donors (Lipinski definition) is 0. The molecule has 1 aromatic carbocycles. The fourth-order valence-electron chi connectivity index (χ4n) is 3.09. The molecule has 0 bridgehead atoms. The molecular formula is C17H15F3O4. The summed E-state index contributed by atoms with van der Waals surface area (Å²) in [5, 5.41) is 0. The maximum Gasteiger partial charge on any atom is 0.449 e. The Bertz CT molecular complexity index is 681. The number of allylic oxidation sites excluding steroid dienone is 1. The fourth-order valence-corrected chi connectivity index (χ4v) is 3.09. The van der Waals surface area contributed by atoms with Crippen LogP contribution in [0.3, 0.4) is 0 Å². The van der Waals surface area contributed by atoms with Crippen molar-refractivity contribution in [3.63, 3.8) is 0 Å². The summed E-state index contributed by atoms with van der Waals surface area (Å²) in [4.78, 5) is 24.8. The number of benzene rings is 1. The van der Waals surface area contributed by atoms with Crippen molar-refractivity contribution in [1.29, 1.82) is 0 Å². The van der Waals surface area contributed by atoms with Gasteiger partial charge in [0.05, 0.1) is 5.56 Å². The number of fused-ring (bicyclic) bond motifs is 1. The zero-order valence-electron chi connectivity index (χ0n) is 12.6. The Morgan fingerprint density at radius 2 is 1.92 bits per heavy atom. The molecule has 7 heteroatoms. The SMILES string of the molecule is O=C(O[C@]12CCCC[C@H]1OC(C(F)(F)F)=CC2=O)c1ccccc1. The van der Waals surface area contributed by atoms with Crippen LogP contribution in [-0.2, 0) is 14.3 Å². The van der Waals surface area contributed by atoms with Gasteiger partial charge in [0, 0.05) is 6.08 Å². The van der Waals surface area contributed by atoms with Gasteiger partial charge >= 0.3 is 12.1 Å². The normalized spacial score (nSPS) is 26.9. The molecule has 4 nitrogen and oxygen atoms in total. The van der Waals surface area contributed by atoms with Crippen LogP contribution >= 0.6 is 0 Å². The molecule has 1 saturated carbocycles. The summed E-state index contributed by atoms with van der Waals surface area (Å²) in [5.41, 5.74) is -1.45. The lowest BCUT2D eigenvalue weighted by atomic mass is 9.77. The molecule has 1 aromatic rings. The highest BCUT2D eigenvalue weighted by Gasteiger charge is 2.56. The smallest absolute Gasteiger partial charge is 0.449 e. The van der Waals surface area contributed by atoms with E-state index < -0.39 is 35.4 Å². The van der Waals surface area contributed by atoms with Gasteiger partial charge in [0.2, 0.25) is 17.1 Å². The first-order valence-electron chi connectivity index (χ1n) is 7.61. The molecule has 0 unspecified atom stereocenters. The molecule has 3 rings (SSSR count). The van der Waals surface area contributed by atoms with E-state index in [4.69, 9.17) is 9.47 Å². The van der Waals surface area contributed by atoms with Gasteiger partial charge in [-0.25, -0.2) is 4.79 Å². The Morgan fingerprint density at radius 3 is 2.58 bits per heavy atom. The zero-order chi connectivity index (χ0) is 17.4. The Balaban J connectivity index is 1.92. The maximum absolute atomic E-state index is 12.9. The van der Waals surface area contributed by atoms with Gasteiger partial charge in [-0.15, -0.1) is 0 Å². The molecule has 0 spiro atoms. The van der Waals surface area contributed by atoms with Crippen LogP contribution in [0.1, 0.15) is 36.0 Å². The topological polar surface area (TPSA) is 52.6 Å². The lowest BCUT2D eigenvalue weighted by Gasteiger charge is -2.43. The average Bonchev–Trinajstić information content (AvgIpc) is 2.55. The highest BCUT2D eigenvalue weighted by atomic mass is 19.4. The molecule has 0 saturated heterocycles. The van der Waals surface area contributed by atoms with Crippen molar-refractivity contribution in [2.24, 2.45) is 0 Å². The van der Waals surface area contributed by atoms with Gasteiger partial charge in [-0.3, -0.25) is 4.79 Å². The van der Waals surface area contributed by atoms with Crippen molar-refractivity contribution in [1.82, 2.24) is 0 Å². The van der Waals surface area contributed by atoms with Crippen LogP contribution in [0.15, 0.2) is 42.2 Å². The van der Waals surface area contributed by atoms with E-state index in [0.717, 1.165) is 0 Å². The van der Waals surface area contributed by atoms with Crippen molar-refractivity contribution in [2.75, 3.05) is 0 Å². The van der Waals surface area contributed by atoms with Gasteiger partial charge in [-0.2, -0.15) is 13.2 Å². The predicted octanol–water partition coefficient (Wildman–Crippen LogP) is 3.57. The Hall–Kier alpha value is -2.31. The first-order chi connectivity index (χ1) is 11.3. The predicted molar refractivity (Wildman–Crippen MR) is 77.1 cm³/mol. The van der Waals surface area contributed by atoms with Crippen LogP contribution in [0.25, 0.3) is 0 Å². The van der Waals surface area contributed by atoms with Crippen molar-refractivity contribution in [3.8, 4) is 0 Å². The molecule has 1 aliphatic carbocycles. The third-order valence-electron chi connectivity index (χ3n) is 4.30. The summed E-state index contributed by atoms with van der Waals surface area (Å²) in [6.07, 6.45) is -3.91. The highest BCUT2D eigenvalue weighted by Crippen LogP contribution is 2.43. The molecule has 2 aliphatic rings. The molecule has 24 heavy (non-hydrogen) atoms. The van der Waals surface area contributed by atoms with E-state index in [1.165, 1.54) is 12.1 Å². The molecular weight excluding hydrogens is 325 g/mol. The van der Waals surface area contributed by atoms with E-state index in [1.54, 1.807) is 18.2 Å². The monoisotopic (exact) mass is 340 g/mol. The molecule has 0 amide bonds. The summed E-state index contributed by atoms with van der Waals surface area (Å²) in [5.74, 6) is -2.94. The van der Waals surface area contributed by atoms with E-state index in [2.05, 4.69) is 0 Å². The number of halogens is 3. The highest BCUT2D eigenvalue weighted by molar-refractivity contribution is 6.01. The third kappa shape index (κ3) is 2.90. The Labute approximate surface area is 136 Å². The lowest BCUT2D eigenvalue weighted by molar-refractivity contribution is -0.189. The van der Waals surface area contributed by atoms with Gasteiger partial charge in [-0.05, 0) is 37.8 Å². The largest absolute Gasteiger partial charge is 0.481 e. The van der Waals surface area contributed by atoms with E-state index in [-0.39, 0.29) is 18.4 Å². The number of ketones is 1. The minimum absolute atomic E-state index is 0.150. The molecule has 128 valence electrons. The standard InChI is InChI=1S/C17H15F3O4/c18-17(19,20)14-10-12(21)16(9-5-4-8-13(16)23-14)24-15(22)11-6-2-1-3-7-11/h1-3,6-7,10,13H,4-5,8-9H2/t13-,16+/m1/s1. The molecule has 0 N–H and O–H groups in total. The van der Waals surface area contributed by atoms with Crippen LogP contribution in [0, 0.1) is 0 Å². The average molecular weight is 340 g/mol. The van der Waals surface area contributed by atoms with Gasteiger partial charge in [0.1, 0.15) is 6.10 Å². The van der Waals surface area contributed by atoms with E-state index in [0.29, 0.717) is 18.9 Å². The number of carbonyl (C=O) groups is 2. The van der Waals surface area contributed by atoms with Gasteiger partial charge in [-0.1, -0.05) is 18.2 Å². The van der Waals surface area contributed by atoms with E-state index in [9.17, 15) is 22.8 Å². The summed E-state index contributed by atoms with van der Waals surface area (Å²) in [6, 6.07) is 8.01. The van der Waals surface area contributed by atoms with Crippen LogP contribution in [0.2, 0.25) is 0 Å². The van der Waals surface area contributed by atoms with Crippen LogP contribution in [0.5, 0.6) is 0 Å². The van der Waals surface area contributed by atoms with Crippen molar-refractivity contribution < 1.29 is 32.2 Å². The third-order valence-corrected chi connectivity index (χ3v) is 4.30.